The molecule has 0 aliphatic carbocycles. The fourth-order valence-electron chi connectivity index (χ4n) is 2.76. The Morgan fingerprint density at radius 3 is 2.55 bits per heavy atom. The molecule has 0 saturated carbocycles. The van der Waals surface area contributed by atoms with Crippen molar-refractivity contribution in [2.75, 3.05) is 31.0 Å². The van der Waals surface area contributed by atoms with Gasteiger partial charge in [0.1, 0.15) is 9.96 Å². The lowest BCUT2D eigenvalue weighted by Crippen LogP contribution is -2.42. The number of thiophene rings is 1. The molecule has 1 aliphatic heterocycles. The van der Waals surface area contributed by atoms with Gasteiger partial charge in [0.2, 0.25) is 0 Å². The number of nitrogens with one attached hydrogen (secondary N) is 1. The molecule has 0 radical (unpaired) electrons. The van der Waals surface area contributed by atoms with Crippen LogP contribution < -0.4 is 14.4 Å². The smallest absolute Gasteiger partial charge is 0.344 e. The number of benzene rings is 1. The van der Waals surface area contributed by atoms with Crippen molar-refractivity contribution in [2.24, 2.45) is 0 Å². The summed E-state index contributed by atoms with van der Waals surface area (Å²) in [6, 6.07) is 8.80. The van der Waals surface area contributed by atoms with E-state index in [0.29, 0.717) is 18.0 Å². The summed E-state index contributed by atoms with van der Waals surface area (Å²) >= 11 is 1.13. The maximum Gasteiger partial charge on any atom is 0.344 e. The summed E-state index contributed by atoms with van der Waals surface area (Å²) in [5.74, 6) is -1.06. The average Bonchev–Trinajstić information content (AvgIpc) is 3.44. The molecule has 12 heteroatoms. The topological polar surface area (TPSA) is 122 Å². The third-order valence-electron chi connectivity index (χ3n) is 4.45. The second-order valence-corrected chi connectivity index (χ2v) is 9.68. The SMILES string of the molecule is CC(OC(=O)COc1ccc(N(C)S(=O)(=O)c2cccs2)cc1)C(=O)N1CCNC1=O. The number of esters is 1. The molecule has 1 atom stereocenters. The highest BCUT2D eigenvalue weighted by atomic mass is 32.2. The van der Waals surface area contributed by atoms with E-state index < -0.39 is 40.6 Å². The predicted octanol–water partition coefficient (Wildman–Crippen LogP) is 1.44. The number of rotatable bonds is 8. The summed E-state index contributed by atoms with van der Waals surface area (Å²) in [7, 11) is -2.20. The van der Waals surface area contributed by atoms with Crippen LogP contribution in [0.4, 0.5) is 10.5 Å². The Hall–Kier alpha value is -3.12. The molecule has 3 amide bonds. The zero-order valence-electron chi connectivity index (χ0n) is 16.8. The molecular formula is C19H21N3O7S2. The molecule has 2 aromatic rings. The number of carbonyl (C=O) groups is 3. The summed E-state index contributed by atoms with van der Waals surface area (Å²) in [5.41, 5.74) is 0.423. The Morgan fingerprint density at radius 1 is 1.26 bits per heavy atom. The van der Waals surface area contributed by atoms with Crippen LogP contribution in [0.5, 0.6) is 5.75 Å². The largest absolute Gasteiger partial charge is 0.482 e. The van der Waals surface area contributed by atoms with Crippen LogP contribution in [0.25, 0.3) is 0 Å². The molecule has 3 rings (SSSR count). The van der Waals surface area contributed by atoms with Crippen molar-refractivity contribution >= 4 is 45.0 Å². The minimum Gasteiger partial charge on any atom is -0.482 e. The van der Waals surface area contributed by atoms with E-state index in [2.05, 4.69) is 5.32 Å². The highest BCUT2D eigenvalue weighted by Gasteiger charge is 2.31. The molecular weight excluding hydrogens is 446 g/mol. The Labute approximate surface area is 183 Å². The molecule has 1 aromatic heterocycles. The predicted molar refractivity (Wildman–Crippen MR) is 113 cm³/mol. The van der Waals surface area contributed by atoms with Gasteiger partial charge in [0.15, 0.2) is 12.7 Å². The van der Waals surface area contributed by atoms with Crippen LogP contribution in [0.1, 0.15) is 6.92 Å². The van der Waals surface area contributed by atoms with Crippen LogP contribution in [0.15, 0.2) is 46.0 Å². The lowest BCUT2D eigenvalue weighted by atomic mass is 10.3. The van der Waals surface area contributed by atoms with E-state index in [9.17, 15) is 22.8 Å². The summed E-state index contributed by atoms with van der Waals surface area (Å²) in [4.78, 5) is 36.6. The van der Waals surface area contributed by atoms with Gasteiger partial charge in [0, 0.05) is 20.1 Å². The van der Waals surface area contributed by atoms with Gasteiger partial charge >= 0.3 is 12.0 Å². The van der Waals surface area contributed by atoms with Gasteiger partial charge < -0.3 is 14.8 Å². The van der Waals surface area contributed by atoms with Gasteiger partial charge in [0.05, 0.1) is 5.69 Å². The second-order valence-electron chi connectivity index (χ2n) is 6.54. The number of imide groups is 1. The van der Waals surface area contributed by atoms with Gasteiger partial charge in [-0.15, -0.1) is 11.3 Å². The fourth-order valence-corrected chi connectivity index (χ4v) is 5.12. The molecule has 2 heterocycles. The Morgan fingerprint density at radius 2 is 1.97 bits per heavy atom. The van der Waals surface area contributed by atoms with Gasteiger partial charge in [-0.25, -0.2) is 18.0 Å². The number of sulfonamides is 1. The summed E-state index contributed by atoms with van der Waals surface area (Å²) in [6.45, 7) is 1.50. The molecule has 10 nitrogen and oxygen atoms in total. The van der Waals surface area contributed by atoms with Gasteiger partial charge in [-0.05, 0) is 42.6 Å². The van der Waals surface area contributed by atoms with Gasteiger partial charge in [-0.1, -0.05) is 6.07 Å². The zero-order valence-corrected chi connectivity index (χ0v) is 18.4. The van der Waals surface area contributed by atoms with Crippen LogP contribution >= 0.6 is 11.3 Å². The first kappa shape index (κ1) is 22.6. The molecule has 31 heavy (non-hydrogen) atoms. The number of urea groups is 1. The Bertz CT molecular complexity index is 1050. The summed E-state index contributed by atoms with van der Waals surface area (Å²) in [6.07, 6.45) is -1.13. The van der Waals surface area contributed by atoms with E-state index in [0.717, 1.165) is 20.5 Å². The van der Waals surface area contributed by atoms with E-state index in [1.807, 2.05) is 0 Å². The van der Waals surface area contributed by atoms with E-state index >= 15 is 0 Å². The third kappa shape index (κ3) is 5.14. The van der Waals surface area contributed by atoms with E-state index in [1.54, 1.807) is 23.6 Å². The quantitative estimate of drug-likeness (QED) is 0.583. The van der Waals surface area contributed by atoms with Crippen LogP contribution in [0.3, 0.4) is 0 Å². The molecule has 1 N–H and O–H groups in total. The van der Waals surface area contributed by atoms with Crippen molar-refractivity contribution in [1.82, 2.24) is 10.2 Å². The summed E-state index contributed by atoms with van der Waals surface area (Å²) < 4.78 is 36.9. The molecule has 0 bridgehead atoms. The maximum absolute atomic E-state index is 12.6. The average molecular weight is 468 g/mol. The number of anilines is 1. The van der Waals surface area contributed by atoms with E-state index in [1.165, 1.54) is 32.2 Å². The molecule has 166 valence electrons. The number of carbonyl (C=O) groups excluding carboxylic acids is 3. The van der Waals surface area contributed by atoms with Crippen LogP contribution in [0, 0.1) is 0 Å². The number of ether oxygens (including phenoxy) is 2. The first-order valence-corrected chi connectivity index (χ1v) is 11.6. The van der Waals surface area contributed by atoms with Crippen LogP contribution in [0.2, 0.25) is 0 Å². The van der Waals surface area contributed by atoms with Crippen molar-refractivity contribution in [3.63, 3.8) is 0 Å². The minimum absolute atomic E-state index is 0.221. The van der Waals surface area contributed by atoms with Crippen molar-refractivity contribution < 1.29 is 32.3 Å². The lowest BCUT2D eigenvalue weighted by molar-refractivity contribution is -0.159. The lowest BCUT2D eigenvalue weighted by Gasteiger charge is -2.19. The molecule has 1 saturated heterocycles. The second kappa shape index (κ2) is 9.35. The summed E-state index contributed by atoms with van der Waals surface area (Å²) in [5, 5.41) is 4.18. The number of hydrogen-bond donors (Lipinski definition) is 1. The first-order valence-electron chi connectivity index (χ1n) is 9.24. The molecule has 0 spiro atoms. The van der Waals surface area contributed by atoms with Gasteiger partial charge in [-0.2, -0.15) is 0 Å². The van der Waals surface area contributed by atoms with Crippen LogP contribution in [-0.2, 0) is 24.3 Å². The number of hydrogen-bond acceptors (Lipinski definition) is 8. The fraction of sp³-hybridized carbons (Fsp3) is 0.316. The highest BCUT2D eigenvalue weighted by Crippen LogP contribution is 2.26. The number of amides is 3. The normalized spacial score (nSPS) is 14.6. The number of nitrogens with zero attached hydrogens (tertiary/aromatic N) is 2. The van der Waals surface area contributed by atoms with Crippen molar-refractivity contribution in [3.05, 3.63) is 41.8 Å². The van der Waals surface area contributed by atoms with E-state index in [-0.39, 0.29) is 10.8 Å². The zero-order chi connectivity index (χ0) is 22.6. The highest BCUT2D eigenvalue weighted by molar-refractivity contribution is 7.94. The Balaban J connectivity index is 1.52. The first-order chi connectivity index (χ1) is 14.7. The molecule has 1 aromatic carbocycles. The monoisotopic (exact) mass is 467 g/mol. The molecule has 1 aliphatic rings. The van der Waals surface area contributed by atoms with Crippen molar-refractivity contribution in [3.8, 4) is 5.75 Å². The minimum atomic E-state index is -3.65. The molecule has 1 fully saturated rings. The third-order valence-corrected chi connectivity index (χ3v) is 7.60. The van der Waals surface area contributed by atoms with E-state index in [4.69, 9.17) is 9.47 Å². The van der Waals surface area contributed by atoms with Gasteiger partial charge in [-0.3, -0.25) is 14.0 Å². The standard InChI is InChI=1S/C19H21N3O7S2/c1-13(18(24)22-10-9-20-19(22)25)29-16(23)12-28-15-7-5-14(6-8-15)21(2)31(26,27)17-4-3-11-30-17/h3-8,11,13H,9-10,12H2,1-2H3,(H,20,25). The van der Waals surface area contributed by atoms with Crippen molar-refractivity contribution in [1.29, 1.82) is 0 Å². The molecule has 1 unspecified atom stereocenters. The maximum atomic E-state index is 12.6. The Kier molecular flexibility index (Phi) is 6.81. The van der Waals surface area contributed by atoms with Crippen molar-refractivity contribution in [2.45, 2.75) is 17.2 Å². The van der Waals surface area contributed by atoms with Crippen LogP contribution in [-0.4, -0.2) is 64.1 Å². The van der Waals surface area contributed by atoms with Gasteiger partial charge in [0.25, 0.3) is 15.9 Å².